The van der Waals surface area contributed by atoms with E-state index in [-0.39, 0.29) is 17.8 Å². The molecule has 2 aliphatic rings. The molecule has 0 aromatic heterocycles. The topological polar surface area (TPSA) is 37.3 Å². The predicted molar refractivity (Wildman–Crippen MR) is 46.1 cm³/mol. The number of carbonyl (C=O) groups is 1. The first-order valence-corrected chi connectivity index (χ1v) is 4.74. The Kier molecular flexibility index (Phi) is 1.87. The van der Waals surface area contributed by atoms with Gasteiger partial charge in [0.15, 0.2) is 0 Å². The lowest BCUT2D eigenvalue weighted by molar-refractivity contribution is -0.143. The SMILES string of the molecule is O=C(O)C1C2C=CC(C2)C1CCl. The molecule has 1 saturated carbocycles. The second-order valence-corrected chi connectivity index (χ2v) is 3.94. The van der Waals surface area contributed by atoms with Gasteiger partial charge in [-0.05, 0) is 24.2 Å². The highest BCUT2D eigenvalue weighted by atomic mass is 35.5. The third-order valence-corrected chi connectivity index (χ3v) is 3.44. The van der Waals surface area contributed by atoms with Gasteiger partial charge in [0.05, 0.1) is 5.92 Å². The molecule has 12 heavy (non-hydrogen) atoms. The number of fused-ring (bicyclic) bond motifs is 2. The maximum absolute atomic E-state index is 10.9. The third kappa shape index (κ3) is 0.977. The first-order chi connectivity index (χ1) is 5.74. The van der Waals surface area contributed by atoms with Gasteiger partial charge in [0.25, 0.3) is 0 Å². The number of carboxylic acid groups (broad SMARTS) is 1. The Bertz CT molecular complexity index is 237. The summed E-state index contributed by atoms with van der Waals surface area (Å²) in [5, 5.41) is 8.94. The van der Waals surface area contributed by atoms with E-state index in [1.54, 1.807) is 0 Å². The highest BCUT2D eigenvalue weighted by Gasteiger charge is 2.47. The molecule has 0 amide bonds. The van der Waals surface area contributed by atoms with Gasteiger partial charge in [-0.1, -0.05) is 12.2 Å². The summed E-state index contributed by atoms with van der Waals surface area (Å²) in [6, 6.07) is 0. The van der Waals surface area contributed by atoms with Crippen molar-refractivity contribution >= 4 is 17.6 Å². The summed E-state index contributed by atoms with van der Waals surface area (Å²) < 4.78 is 0. The molecule has 0 aromatic rings. The van der Waals surface area contributed by atoms with E-state index in [0.29, 0.717) is 11.8 Å². The maximum atomic E-state index is 10.9. The molecule has 1 fully saturated rings. The molecule has 66 valence electrons. The lowest BCUT2D eigenvalue weighted by Crippen LogP contribution is -2.28. The molecule has 2 bridgehead atoms. The number of allylic oxidation sites excluding steroid dienone is 2. The average molecular weight is 187 g/mol. The van der Waals surface area contributed by atoms with Crippen LogP contribution in [0.5, 0.6) is 0 Å². The van der Waals surface area contributed by atoms with Crippen LogP contribution in [-0.2, 0) is 4.79 Å². The Balaban J connectivity index is 2.23. The fourth-order valence-electron chi connectivity index (χ4n) is 2.50. The number of rotatable bonds is 2. The van der Waals surface area contributed by atoms with E-state index in [1.807, 2.05) is 6.08 Å². The predicted octanol–water partition coefficient (Wildman–Crippen LogP) is 1.75. The zero-order valence-corrected chi connectivity index (χ0v) is 7.37. The van der Waals surface area contributed by atoms with Crippen LogP contribution < -0.4 is 0 Å². The van der Waals surface area contributed by atoms with E-state index in [1.165, 1.54) is 0 Å². The molecule has 0 aromatic carbocycles. The van der Waals surface area contributed by atoms with Crippen molar-refractivity contribution in [2.45, 2.75) is 6.42 Å². The van der Waals surface area contributed by atoms with E-state index in [0.717, 1.165) is 6.42 Å². The van der Waals surface area contributed by atoms with E-state index >= 15 is 0 Å². The minimum atomic E-state index is -0.683. The van der Waals surface area contributed by atoms with Crippen LogP contribution in [0, 0.1) is 23.7 Å². The van der Waals surface area contributed by atoms with Crippen LogP contribution in [0.3, 0.4) is 0 Å². The van der Waals surface area contributed by atoms with Gasteiger partial charge in [0.2, 0.25) is 0 Å². The number of carboxylic acids is 1. The molecule has 0 aliphatic heterocycles. The van der Waals surface area contributed by atoms with Crippen molar-refractivity contribution in [3.63, 3.8) is 0 Å². The van der Waals surface area contributed by atoms with Crippen LogP contribution in [0.1, 0.15) is 6.42 Å². The number of hydrogen-bond donors (Lipinski definition) is 1. The largest absolute Gasteiger partial charge is 0.481 e. The van der Waals surface area contributed by atoms with Crippen molar-refractivity contribution in [3.8, 4) is 0 Å². The van der Waals surface area contributed by atoms with Crippen LogP contribution in [0.15, 0.2) is 12.2 Å². The minimum Gasteiger partial charge on any atom is -0.481 e. The monoisotopic (exact) mass is 186 g/mol. The van der Waals surface area contributed by atoms with Gasteiger partial charge in [-0.3, -0.25) is 4.79 Å². The molecular weight excluding hydrogens is 176 g/mol. The quantitative estimate of drug-likeness (QED) is 0.527. The van der Waals surface area contributed by atoms with E-state index in [9.17, 15) is 4.79 Å². The van der Waals surface area contributed by atoms with E-state index in [2.05, 4.69) is 6.08 Å². The summed E-state index contributed by atoms with van der Waals surface area (Å²) in [7, 11) is 0. The van der Waals surface area contributed by atoms with Gasteiger partial charge in [-0.15, -0.1) is 11.6 Å². The maximum Gasteiger partial charge on any atom is 0.307 e. The Labute approximate surface area is 76.2 Å². The molecule has 4 atom stereocenters. The normalized spacial score (nSPS) is 43.8. The van der Waals surface area contributed by atoms with Crippen LogP contribution >= 0.6 is 11.6 Å². The van der Waals surface area contributed by atoms with Crippen molar-refractivity contribution in [1.82, 2.24) is 0 Å². The number of aliphatic carboxylic acids is 1. The van der Waals surface area contributed by atoms with Crippen molar-refractivity contribution in [1.29, 1.82) is 0 Å². The van der Waals surface area contributed by atoms with Gasteiger partial charge in [-0.2, -0.15) is 0 Å². The Morgan fingerprint density at radius 1 is 1.50 bits per heavy atom. The lowest BCUT2D eigenvalue weighted by atomic mass is 9.84. The fraction of sp³-hybridized carbons (Fsp3) is 0.667. The minimum absolute atomic E-state index is 0.166. The average Bonchev–Trinajstić information content (AvgIpc) is 2.60. The van der Waals surface area contributed by atoms with Gasteiger partial charge >= 0.3 is 5.97 Å². The molecule has 2 rings (SSSR count). The summed E-state index contributed by atoms with van der Waals surface area (Å²) in [6.07, 6.45) is 5.15. The standard InChI is InChI=1S/C9H11ClO2/c10-4-7-5-1-2-6(3-5)8(7)9(11)12/h1-2,5-8H,3-4H2,(H,11,12). The molecule has 0 heterocycles. The smallest absolute Gasteiger partial charge is 0.307 e. The second kappa shape index (κ2) is 2.77. The van der Waals surface area contributed by atoms with Crippen LogP contribution in [-0.4, -0.2) is 17.0 Å². The third-order valence-electron chi connectivity index (χ3n) is 3.09. The molecule has 0 saturated heterocycles. The van der Waals surface area contributed by atoms with Crippen molar-refractivity contribution in [2.75, 3.05) is 5.88 Å². The van der Waals surface area contributed by atoms with Crippen molar-refractivity contribution < 1.29 is 9.90 Å². The summed E-state index contributed by atoms with van der Waals surface area (Å²) in [5.41, 5.74) is 0. The first kappa shape index (κ1) is 8.11. The van der Waals surface area contributed by atoms with Crippen molar-refractivity contribution in [3.05, 3.63) is 12.2 Å². The number of hydrogen-bond acceptors (Lipinski definition) is 1. The van der Waals surface area contributed by atoms with Gasteiger partial charge < -0.3 is 5.11 Å². The molecule has 4 unspecified atom stereocenters. The Morgan fingerprint density at radius 3 is 2.67 bits per heavy atom. The highest BCUT2D eigenvalue weighted by Crippen LogP contribution is 2.48. The second-order valence-electron chi connectivity index (χ2n) is 3.63. The lowest BCUT2D eigenvalue weighted by Gasteiger charge is -2.21. The van der Waals surface area contributed by atoms with Crippen LogP contribution in [0.2, 0.25) is 0 Å². The van der Waals surface area contributed by atoms with Gasteiger partial charge in [-0.25, -0.2) is 0 Å². The van der Waals surface area contributed by atoms with Crippen LogP contribution in [0.4, 0.5) is 0 Å². The fourth-order valence-corrected chi connectivity index (χ4v) is 2.92. The molecule has 2 nitrogen and oxygen atoms in total. The summed E-state index contributed by atoms with van der Waals surface area (Å²) in [4.78, 5) is 10.9. The zero-order chi connectivity index (χ0) is 8.72. The molecule has 0 radical (unpaired) electrons. The highest BCUT2D eigenvalue weighted by molar-refractivity contribution is 6.18. The first-order valence-electron chi connectivity index (χ1n) is 4.21. The van der Waals surface area contributed by atoms with E-state index < -0.39 is 5.97 Å². The molecular formula is C9H11ClO2. The van der Waals surface area contributed by atoms with Gasteiger partial charge in [0.1, 0.15) is 0 Å². The van der Waals surface area contributed by atoms with Crippen LogP contribution in [0.25, 0.3) is 0 Å². The number of alkyl halides is 1. The molecule has 2 aliphatic carbocycles. The number of halogens is 1. The summed E-state index contributed by atoms with van der Waals surface area (Å²) in [6.45, 7) is 0. The molecule has 3 heteroatoms. The molecule has 1 N–H and O–H groups in total. The van der Waals surface area contributed by atoms with E-state index in [4.69, 9.17) is 16.7 Å². The summed E-state index contributed by atoms with van der Waals surface area (Å²) >= 11 is 5.74. The Hall–Kier alpha value is -0.500. The zero-order valence-electron chi connectivity index (χ0n) is 6.61. The van der Waals surface area contributed by atoms with Crippen molar-refractivity contribution in [2.24, 2.45) is 23.7 Å². The Morgan fingerprint density at radius 2 is 2.17 bits per heavy atom. The van der Waals surface area contributed by atoms with Gasteiger partial charge in [0, 0.05) is 5.88 Å². The molecule has 0 spiro atoms. The summed E-state index contributed by atoms with van der Waals surface area (Å²) in [5.74, 6) is 0.404.